The number of ether oxygens (including phenoxy) is 1. The number of halogens is 2. The van der Waals surface area contributed by atoms with E-state index in [0.29, 0.717) is 22.5 Å². The van der Waals surface area contributed by atoms with Gasteiger partial charge in [-0.3, -0.25) is 0 Å². The molecule has 0 amide bonds. The third-order valence-corrected chi connectivity index (χ3v) is 4.34. The van der Waals surface area contributed by atoms with Crippen LogP contribution in [0.5, 0.6) is 0 Å². The van der Waals surface area contributed by atoms with Crippen LogP contribution < -0.4 is 9.80 Å². The summed E-state index contributed by atoms with van der Waals surface area (Å²) in [5.41, 5.74) is 0.942. The second-order valence-corrected chi connectivity index (χ2v) is 6.49. The molecule has 0 aliphatic carbocycles. The first-order chi connectivity index (χ1) is 11.6. The van der Waals surface area contributed by atoms with Crippen molar-refractivity contribution in [3.05, 3.63) is 39.9 Å². The average Bonchev–Trinajstić information content (AvgIpc) is 2.55. The summed E-state index contributed by atoms with van der Waals surface area (Å²) in [6, 6.07) is 3.73. The van der Waals surface area contributed by atoms with Crippen molar-refractivity contribution in [2.24, 2.45) is 0 Å². The van der Waals surface area contributed by atoms with Crippen LogP contribution in [0.15, 0.2) is 18.3 Å². The molecule has 2 aromatic heterocycles. The Bertz CT molecular complexity index is 720. The molecule has 0 saturated carbocycles. The molecule has 2 aromatic rings. The zero-order chi connectivity index (χ0) is 17.1. The highest BCUT2D eigenvalue weighted by Gasteiger charge is 2.21. The third kappa shape index (κ3) is 3.88. The van der Waals surface area contributed by atoms with Gasteiger partial charge in [-0.05, 0) is 13.0 Å². The van der Waals surface area contributed by atoms with Gasteiger partial charge < -0.3 is 14.5 Å². The Morgan fingerprint density at radius 3 is 2.46 bits per heavy atom. The number of methoxy groups -OCH3 is 1. The molecule has 128 valence electrons. The molecule has 1 aliphatic heterocycles. The van der Waals surface area contributed by atoms with Gasteiger partial charge in [-0.2, -0.15) is 0 Å². The largest absolute Gasteiger partial charge is 0.377 e. The monoisotopic (exact) mass is 367 g/mol. The second kappa shape index (κ2) is 7.51. The van der Waals surface area contributed by atoms with Crippen molar-refractivity contribution in [3.63, 3.8) is 0 Å². The molecule has 0 bridgehead atoms. The van der Waals surface area contributed by atoms with E-state index in [4.69, 9.17) is 27.9 Å². The molecule has 0 N–H and O–H groups in total. The van der Waals surface area contributed by atoms with Crippen LogP contribution in [-0.4, -0.2) is 48.2 Å². The molecule has 0 unspecified atom stereocenters. The molecular weight excluding hydrogens is 349 g/mol. The summed E-state index contributed by atoms with van der Waals surface area (Å²) in [4.78, 5) is 17.7. The minimum Gasteiger partial charge on any atom is -0.377 e. The maximum absolute atomic E-state index is 6.26. The summed E-state index contributed by atoms with van der Waals surface area (Å²) in [7, 11) is 1.65. The Hall–Kier alpha value is -1.63. The zero-order valence-electron chi connectivity index (χ0n) is 13.7. The van der Waals surface area contributed by atoms with Gasteiger partial charge in [0, 0.05) is 51.2 Å². The van der Waals surface area contributed by atoms with E-state index in [1.807, 2.05) is 13.0 Å². The van der Waals surface area contributed by atoms with Crippen LogP contribution in [-0.2, 0) is 11.3 Å². The molecule has 8 heteroatoms. The number of anilines is 2. The van der Waals surface area contributed by atoms with Crippen LogP contribution in [0.1, 0.15) is 11.5 Å². The van der Waals surface area contributed by atoms with E-state index >= 15 is 0 Å². The molecule has 3 heterocycles. The van der Waals surface area contributed by atoms with Crippen molar-refractivity contribution in [3.8, 4) is 0 Å². The van der Waals surface area contributed by atoms with Crippen LogP contribution in [0.3, 0.4) is 0 Å². The Morgan fingerprint density at radius 1 is 1.08 bits per heavy atom. The van der Waals surface area contributed by atoms with Crippen molar-refractivity contribution in [2.75, 3.05) is 43.1 Å². The number of aromatic nitrogens is 3. The van der Waals surface area contributed by atoms with E-state index in [2.05, 4.69) is 24.8 Å². The lowest BCUT2D eigenvalue weighted by Crippen LogP contribution is -2.47. The number of pyridine rings is 1. The molecule has 0 radical (unpaired) electrons. The van der Waals surface area contributed by atoms with Crippen molar-refractivity contribution in [1.82, 2.24) is 15.0 Å². The number of piperazine rings is 1. The Kier molecular flexibility index (Phi) is 5.38. The van der Waals surface area contributed by atoms with Gasteiger partial charge in [0.25, 0.3) is 0 Å². The van der Waals surface area contributed by atoms with Crippen LogP contribution in [0, 0.1) is 6.92 Å². The first-order valence-corrected chi connectivity index (χ1v) is 8.47. The lowest BCUT2D eigenvalue weighted by Gasteiger charge is -2.36. The quantitative estimate of drug-likeness (QED) is 0.827. The Labute approximate surface area is 151 Å². The number of aryl methyl sites for hydroxylation is 1. The molecule has 1 saturated heterocycles. The van der Waals surface area contributed by atoms with E-state index < -0.39 is 0 Å². The summed E-state index contributed by atoms with van der Waals surface area (Å²) < 4.78 is 5.14. The van der Waals surface area contributed by atoms with E-state index in [0.717, 1.165) is 43.5 Å². The van der Waals surface area contributed by atoms with E-state index in [1.165, 1.54) is 0 Å². The van der Waals surface area contributed by atoms with Crippen LogP contribution in [0.25, 0.3) is 0 Å². The number of nitrogens with zero attached hydrogens (tertiary/aromatic N) is 5. The van der Waals surface area contributed by atoms with Gasteiger partial charge in [-0.15, -0.1) is 0 Å². The minimum atomic E-state index is 0.416. The smallest absolute Gasteiger partial charge is 0.156 e. The molecule has 1 fully saturated rings. The topological polar surface area (TPSA) is 54.4 Å². The maximum Gasteiger partial charge on any atom is 0.156 e. The summed E-state index contributed by atoms with van der Waals surface area (Å²) >= 11 is 12.2. The van der Waals surface area contributed by atoms with Crippen LogP contribution in [0.2, 0.25) is 10.0 Å². The summed E-state index contributed by atoms with van der Waals surface area (Å²) in [5.74, 6) is 2.42. The van der Waals surface area contributed by atoms with E-state index in [9.17, 15) is 0 Å². The number of hydrogen-bond acceptors (Lipinski definition) is 6. The van der Waals surface area contributed by atoms with Crippen molar-refractivity contribution in [1.29, 1.82) is 0 Å². The molecule has 0 atom stereocenters. The van der Waals surface area contributed by atoms with Gasteiger partial charge in [0.1, 0.15) is 18.2 Å². The Balaban J connectivity index is 1.71. The normalized spacial score (nSPS) is 15.0. The summed E-state index contributed by atoms with van der Waals surface area (Å²) in [6.45, 7) is 5.69. The van der Waals surface area contributed by atoms with Crippen molar-refractivity contribution in [2.45, 2.75) is 13.5 Å². The Morgan fingerprint density at radius 2 is 1.79 bits per heavy atom. The average molecular weight is 368 g/mol. The predicted octanol–water partition coefficient (Wildman–Crippen LogP) is 2.96. The van der Waals surface area contributed by atoms with Gasteiger partial charge in [0.15, 0.2) is 5.82 Å². The standard InChI is InChI=1S/C16H19Cl2N5O/c1-11-7-15(21-14(20-11)10-24-2)22-3-5-23(6-4-22)16-13(18)8-12(17)9-19-16/h7-9H,3-6,10H2,1-2H3. The molecule has 0 spiro atoms. The highest BCUT2D eigenvalue weighted by Crippen LogP contribution is 2.27. The minimum absolute atomic E-state index is 0.416. The van der Waals surface area contributed by atoms with E-state index in [1.54, 1.807) is 19.4 Å². The fourth-order valence-corrected chi connectivity index (χ4v) is 3.25. The van der Waals surface area contributed by atoms with Crippen LogP contribution >= 0.6 is 23.2 Å². The first-order valence-electron chi connectivity index (χ1n) is 7.71. The summed E-state index contributed by atoms with van der Waals surface area (Å²) in [6.07, 6.45) is 1.62. The lowest BCUT2D eigenvalue weighted by atomic mass is 10.3. The fraction of sp³-hybridized carbons (Fsp3) is 0.438. The fourth-order valence-electron chi connectivity index (χ4n) is 2.76. The van der Waals surface area contributed by atoms with Gasteiger partial charge in [-0.25, -0.2) is 15.0 Å². The molecule has 3 rings (SSSR count). The van der Waals surface area contributed by atoms with Gasteiger partial charge in [-0.1, -0.05) is 23.2 Å². The molecular formula is C16H19Cl2N5O. The maximum atomic E-state index is 6.26. The number of hydrogen-bond donors (Lipinski definition) is 0. The first kappa shape index (κ1) is 17.2. The molecule has 24 heavy (non-hydrogen) atoms. The van der Waals surface area contributed by atoms with Gasteiger partial charge in [0.2, 0.25) is 0 Å². The highest BCUT2D eigenvalue weighted by molar-refractivity contribution is 6.36. The molecule has 0 aromatic carbocycles. The van der Waals surface area contributed by atoms with Crippen molar-refractivity contribution < 1.29 is 4.74 Å². The third-order valence-electron chi connectivity index (χ3n) is 3.85. The van der Waals surface area contributed by atoms with Gasteiger partial charge >= 0.3 is 0 Å². The lowest BCUT2D eigenvalue weighted by molar-refractivity contribution is 0.177. The highest BCUT2D eigenvalue weighted by atomic mass is 35.5. The zero-order valence-corrected chi connectivity index (χ0v) is 15.2. The second-order valence-electron chi connectivity index (χ2n) is 5.65. The van der Waals surface area contributed by atoms with E-state index in [-0.39, 0.29) is 0 Å². The summed E-state index contributed by atoms with van der Waals surface area (Å²) in [5, 5.41) is 1.13. The van der Waals surface area contributed by atoms with Crippen molar-refractivity contribution >= 4 is 34.8 Å². The SMILES string of the molecule is COCc1nc(C)cc(N2CCN(c3ncc(Cl)cc3Cl)CC2)n1. The number of rotatable bonds is 4. The molecule has 6 nitrogen and oxygen atoms in total. The van der Waals surface area contributed by atoms with Gasteiger partial charge in [0.05, 0.1) is 10.0 Å². The molecule has 1 aliphatic rings. The van der Waals surface area contributed by atoms with Crippen LogP contribution in [0.4, 0.5) is 11.6 Å². The predicted molar refractivity (Wildman–Crippen MR) is 96.2 cm³/mol.